The molecule has 0 fully saturated rings. The fourth-order valence-corrected chi connectivity index (χ4v) is 3.53. The molecule has 0 aliphatic rings. The Morgan fingerprint density at radius 2 is 1.86 bits per heavy atom. The van der Waals surface area contributed by atoms with E-state index in [9.17, 15) is 4.79 Å². The molecule has 0 spiro atoms. The highest BCUT2D eigenvalue weighted by atomic mass is 32.1. The third-order valence-corrected chi connectivity index (χ3v) is 4.76. The number of ether oxygens (including phenoxy) is 1. The van der Waals surface area contributed by atoms with Crippen molar-refractivity contribution in [3.05, 3.63) is 59.0 Å². The molecule has 2 aromatic carbocycles. The van der Waals surface area contributed by atoms with Gasteiger partial charge in [-0.15, -0.1) is 11.3 Å². The normalized spacial score (nSPS) is 10.6. The number of rotatable bonds is 4. The number of hydrogen-bond acceptors (Lipinski definition) is 3. The van der Waals surface area contributed by atoms with Crippen LogP contribution in [0.2, 0.25) is 0 Å². The molecule has 22 heavy (non-hydrogen) atoms. The summed E-state index contributed by atoms with van der Waals surface area (Å²) in [6.45, 7) is 4.48. The highest BCUT2D eigenvalue weighted by Crippen LogP contribution is 2.32. The van der Waals surface area contributed by atoms with Gasteiger partial charge in [0.1, 0.15) is 5.75 Å². The predicted octanol–water partition coefficient (Wildman–Crippen LogP) is 4.86. The molecule has 3 aromatic rings. The minimum absolute atomic E-state index is 0.0918. The molecule has 0 bridgehead atoms. The molecule has 0 aliphatic heterocycles. The summed E-state index contributed by atoms with van der Waals surface area (Å²) >= 11 is 1.52. The zero-order valence-electron chi connectivity index (χ0n) is 12.6. The number of anilines is 1. The Kier molecular flexibility index (Phi) is 4.11. The van der Waals surface area contributed by atoms with Gasteiger partial charge in [-0.3, -0.25) is 4.79 Å². The van der Waals surface area contributed by atoms with E-state index in [2.05, 4.69) is 5.32 Å². The third-order valence-electron chi connectivity index (χ3n) is 3.49. The monoisotopic (exact) mass is 311 g/mol. The molecule has 1 amide bonds. The summed E-state index contributed by atoms with van der Waals surface area (Å²) in [5.41, 5.74) is 1.72. The van der Waals surface area contributed by atoms with Crippen molar-refractivity contribution in [3.63, 3.8) is 0 Å². The van der Waals surface area contributed by atoms with Crippen LogP contribution in [0.5, 0.6) is 5.75 Å². The SMILES string of the molecule is CCOc1ccccc1NC(=O)c1sc2ccccc2c1C. The first-order valence-corrected chi connectivity index (χ1v) is 8.03. The molecule has 0 saturated carbocycles. The molecule has 1 aromatic heterocycles. The molecular weight excluding hydrogens is 294 g/mol. The number of para-hydroxylation sites is 2. The van der Waals surface area contributed by atoms with Gasteiger partial charge in [0.15, 0.2) is 0 Å². The summed E-state index contributed by atoms with van der Waals surface area (Å²) in [4.78, 5) is 13.3. The molecule has 3 nitrogen and oxygen atoms in total. The van der Waals surface area contributed by atoms with Gasteiger partial charge in [0, 0.05) is 4.70 Å². The smallest absolute Gasteiger partial charge is 0.266 e. The third kappa shape index (κ3) is 2.70. The minimum Gasteiger partial charge on any atom is -0.492 e. The van der Waals surface area contributed by atoms with E-state index in [0.717, 1.165) is 20.5 Å². The second kappa shape index (κ2) is 6.20. The van der Waals surface area contributed by atoms with Crippen LogP contribution in [0.15, 0.2) is 48.5 Å². The topological polar surface area (TPSA) is 38.3 Å². The first kappa shape index (κ1) is 14.6. The summed E-state index contributed by atoms with van der Waals surface area (Å²) in [7, 11) is 0. The second-order valence-corrected chi connectivity index (χ2v) is 5.99. The number of amides is 1. The van der Waals surface area contributed by atoms with Crippen LogP contribution >= 0.6 is 11.3 Å². The number of hydrogen-bond donors (Lipinski definition) is 1. The molecule has 3 rings (SSSR count). The highest BCUT2D eigenvalue weighted by Gasteiger charge is 2.16. The highest BCUT2D eigenvalue weighted by molar-refractivity contribution is 7.21. The van der Waals surface area contributed by atoms with Crippen LogP contribution in [0.1, 0.15) is 22.2 Å². The molecule has 112 valence electrons. The lowest BCUT2D eigenvalue weighted by Gasteiger charge is -2.10. The molecule has 0 aliphatic carbocycles. The number of carbonyl (C=O) groups is 1. The van der Waals surface area contributed by atoms with Gasteiger partial charge < -0.3 is 10.1 Å². The van der Waals surface area contributed by atoms with Gasteiger partial charge in [-0.05, 0) is 43.0 Å². The Morgan fingerprint density at radius 3 is 2.64 bits per heavy atom. The van der Waals surface area contributed by atoms with E-state index in [1.807, 2.05) is 62.4 Å². The zero-order chi connectivity index (χ0) is 15.5. The van der Waals surface area contributed by atoms with Crippen LogP contribution in [0.3, 0.4) is 0 Å². The van der Waals surface area contributed by atoms with Crippen molar-refractivity contribution in [1.82, 2.24) is 0 Å². The van der Waals surface area contributed by atoms with Gasteiger partial charge in [0.05, 0.1) is 17.2 Å². The summed E-state index contributed by atoms with van der Waals surface area (Å²) in [6, 6.07) is 15.6. The van der Waals surface area contributed by atoms with Crippen LogP contribution in [-0.2, 0) is 0 Å². The Morgan fingerprint density at radius 1 is 1.14 bits per heavy atom. The van der Waals surface area contributed by atoms with E-state index in [0.29, 0.717) is 18.0 Å². The molecular formula is C18H17NO2S. The summed E-state index contributed by atoms with van der Waals surface area (Å²) in [6.07, 6.45) is 0. The van der Waals surface area contributed by atoms with Crippen molar-refractivity contribution in [2.24, 2.45) is 0 Å². The van der Waals surface area contributed by atoms with E-state index < -0.39 is 0 Å². The number of thiophene rings is 1. The number of aryl methyl sites for hydroxylation is 1. The molecule has 0 unspecified atom stereocenters. The van der Waals surface area contributed by atoms with E-state index >= 15 is 0 Å². The van der Waals surface area contributed by atoms with Crippen molar-refractivity contribution in [3.8, 4) is 5.75 Å². The van der Waals surface area contributed by atoms with Crippen LogP contribution < -0.4 is 10.1 Å². The quantitative estimate of drug-likeness (QED) is 0.747. The fraction of sp³-hybridized carbons (Fsp3) is 0.167. The number of benzene rings is 2. The van der Waals surface area contributed by atoms with Gasteiger partial charge in [0.2, 0.25) is 0 Å². The minimum atomic E-state index is -0.0918. The Balaban J connectivity index is 1.92. The first-order valence-electron chi connectivity index (χ1n) is 7.22. The lowest BCUT2D eigenvalue weighted by Crippen LogP contribution is -2.12. The van der Waals surface area contributed by atoms with Crippen molar-refractivity contribution >= 4 is 33.0 Å². The van der Waals surface area contributed by atoms with Crippen molar-refractivity contribution in [2.75, 3.05) is 11.9 Å². The Labute approximate surface area is 133 Å². The average Bonchev–Trinajstić information content (AvgIpc) is 2.87. The molecule has 4 heteroatoms. The van der Waals surface area contributed by atoms with E-state index in [4.69, 9.17) is 4.74 Å². The molecule has 0 saturated heterocycles. The predicted molar refractivity (Wildman–Crippen MR) is 92.1 cm³/mol. The first-order chi connectivity index (χ1) is 10.7. The number of carbonyl (C=O) groups excluding carboxylic acids is 1. The summed E-state index contributed by atoms with van der Waals surface area (Å²) in [5.74, 6) is 0.600. The van der Waals surface area contributed by atoms with Gasteiger partial charge >= 0.3 is 0 Å². The van der Waals surface area contributed by atoms with Gasteiger partial charge in [-0.2, -0.15) is 0 Å². The lowest BCUT2D eigenvalue weighted by molar-refractivity contribution is 0.102. The largest absolute Gasteiger partial charge is 0.492 e. The fourth-order valence-electron chi connectivity index (χ4n) is 2.42. The Bertz CT molecular complexity index is 823. The van der Waals surface area contributed by atoms with E-state index in [-0.39, 0.29) is 5.91 Å². The van der Waals surface area contributed by atoms with Crippen LogP contribution in [0, 0.1) is 6.92 Å². The van der Waals surface area contributed by atoms with E-state index in [1.54, 1.807) is 0 Å². The summed E-state index contributed by atoms with van der Waals surface area (Å²) < 4.78 is 6.68. The molecule has 1 heterocycles. The van der Waals surface area contributed by atoms with Crippen molar-refractivity contribution in [2.45, 2.75) is 13.8 Å². The molecule has 0 radical (unpaired) electrons. The standard InChI is InChI=1S/C18H17NO2S/c1-3-21-15-10-6-5-9-14(15)19-18(20)17-12(2)13-8-4-7-11-16(13)22-17/h4-11H,3H2,1-2H3,(H,19,20). The van der Waals surface area contributed by atoms with Crippen LogP contribution in [0.25, 0.3) is 10.1 Å². The lowest BCUT2D eigenvalue weighted by atomic mass is 10.1. The zero-order valence-corrected chi connectivity index (χ0v) is 13.4. The molecule has 0 atom stereocenters. The number of nitrogens with one attached hydrogen (secondary N) is 1. The van der Waals surface area contributed by atoms with Crippen LogP contribution in [0.4, 0.5) is 5.69 Å². The maximum absolute atomic E-state index is 12.6. The van der Waals surface area contributed by atoms with Gasteiger partial charge in [-0.25, -0.2) is 0 Å². The van der Waals surface area contributed by atoms with Gasteiger partial charge in [0.25, 0.3) is 5.91 Å². The Hall–Kier alpha value is -2.33. The van der Waals surface area contributed by atoms with Gasteiger partial charge in [-0.1, -0.05) is 30.3 Å². The number of fused-ring (bicyclic) bond motifs is 1. The van der Waals surface area contributed by atoms with Crippen molar-refractivity contribution in [1.29, 1.82) is 0 Å². The summed E-state index contributed by atoms with van der Waals surface area (Å²) in [5, 5.41) is 4.09. The van der Waals surface area contributed by atoms with Crippen LogP contribution in [-0.4, -0.2) is 12.5 Å². The molecule has 1 N–H and O–H groups in total. The maximum atomic E-state index is 12.6. The van der Waals surface area contributed by atoms with E-state index in [1.165, 1.54) is 11.3 Å². The van der Waals surface area contributed by atoms with Crippen molar-refractivity contribution < 1.29 is 9.53 Å². The second-order valence-electron chi connectivity index (χ2n) is 4.94. The average molecular weight is 311 g/mol. The maximum Gasteiger partial charge on any atom is 0.266 e.